The summed E-state index contributed by atoms with van der Waals surface area (Å²) >= 11 is 0. The van der Waals surface area contributed by atoms with Gasteiger partial charge in [0.1, 0.15) is 5.82 Å². The molecular weight excluding hydrogens is 214 g/mol. The number of rotatable bonds is 4. The molecule has 2 aromatic rings. The van der Waals surface area contributed by atoms with Gasteiger partial charge in [-0.15, -0.1) is 0 Å². The van der Waals surface area contributed by atoms with Gasteiger partial charge >= 0.3 is 0 Å². The lowest BCUT2D eigenvalue weighted by Crippen LogP contribution is -2.22. The highest BCUT2D eigenvalue weighted by molar-refractivity contribution is 5.12. The average Bonchev–Trinajstić information content (AvgIpc) is 2.66. The second kappa shape index (κ2) is 5.05. The summed E-state index contributed by atoms with van der Waals surface area (Å²) in [6.07, 6.45) is 4.36. The maximum Gasteiger partial charge on any atom is 0.145 e. The van der Waals surface area contributed by atoms with Gasteiger partial charge in [0.2, 0.25) is 0 Å². The molecule has 1 unspecified atom stereocenters. The van der Waals surface area contributed by atoms with Crippen molar-refractivity contribution in [3.8, 4) is 0 Å². The first-order chi connectivity index (χ1) is 8.20. The Bertz CT molecular complexity index is 477. The third-order valence-corrected chi connectivity index (χ3v) is 2.76. The number of nitrogens with zero attached hydrogens (tertiary/aromatic N) is 4. The highest BCUT2D eigenvalue weighted by Crippen LogP contribution is 2.14. The maximum absolute atomic E-state index is 4.34. The number of aryl methyl sites for hydroxylation is 2. The second-order valence-electron chi connectivity index (χ2n) is 4.05. The van der Waals surface area contributed by atoms with Crippen LogP contribution in [0.5, 0.6) is 0 Å². The van der Waals surface area contributed by atoms with Gasteiger partial charge < -0.3 is 5.32 Å². The molecule has 0 aliphatic heterocycles. The van der Waals surface area contributed by atoms with E-state index in [0.29, 0.717) is 0 Å². The van der Waals surface area contributed by atoms with Gasteiger partial charge in [0.05, 0.1) is 11.7 Å². The van der Waals surface area contributed by atoms with Gasteiger partial charge in [0, 0.05) is 31.6 Å². The topological polar surface area (TPSA) is 55.6 Å². The van der Waals surface area contributed by atoms with Crippen molar-refractivity contribution >= 4 is 0 Å². The molecule has 90 valence electrons. The summed E-state index contributed by atoms with van der Waals surface area (Å²) in [6, 6.07) is 4.03. The fraction of sp³-hybridized carbons (Fsp3) is 0.417. The number of nitrogens with one attached hydrogen (secondary N) is 1. The number of aromatic nitrogens is 4. The van der Waals surface area contributed by atoms with E-state index in [0.717, 1.165) is 17.9 Å². The molecule has 0 saturated heterocycles. The summed E-state index contributed by atoms with van der Waals surface area (Å²) in [5, 5.41) is 7.58. The smallest absolute Gasteiger partial charge is 0.145 e. The third-order valence-electron chi connectivity index (χ3n) is 2.76. The first kappa shape index (κ1) is 11.7. The zero-order valence-electron chi connectivity index (χ0n) is 10.4. The molecule has 0 aromatic carbocycles. The van der Waals surface area contributed by atoms with E-state index in [2.05, 4.69) is 26.4 Å². The van der Waals surface area contributed by atoms with Crippen molar-refractivity contribution in [1.29, 1.82) is 0 Å². The molecule has 5 nitrogen and oxygen atoms in total. The van der Waals surface area contributed by atoms with Gasteiger partial charge in [0.15, 0.2) is 0 Å². The summed E-state index contributed by atoms with van der Waals surface area (Å²) in [4.78, 5) is 8.56. The second-order valence-corrected chi connectivity index (χ2v) is 4.05. The molecule has 0 saturated carbocycles. The Morgan fingerprint density at radius 1 is 1.35 bits per heavy atom. The minimum atomic E-state index is 0.117. The Kier molecular flexibility index (Phi) is 3.49. The van der Waals surface area contributed by atoms with E-state index in [4.69, 9.17) is 0 Å². The summed E-state index contributed by atoms with van der Waals surface area (Å²) in [6.45, 7) is 2.00. The van der Waals surface area contributed by atoms with Crippen LogP contribution in [-0.2, 0) is 13.5 Å². The van der Waals surface area contributed by atoms with Crippen LogP contribution in [0.1, 0.15) is 23.3 Å². The van der Waals surface area contributed by atoms with Crippen molar-refractivity contribution in [3.63, 3.8) is 0 Å². The molecule has 1 atom stereocenters. The molecule has 0 spiro atoms. The Balaban J connectivity index is 2.18. The van der Waals surface area contributed by atoms with Crippen LogP contribution in [0.15, 0.2) is 24.5 Å². The van der Waals surface area contributed by atoms with Crippen molar-refractivity contribution in [2.24, 2.45) is 7.05 Å². The largest absolute Gasteiger partial charge is 0.310 e. The zero-order chi connectivity index (χ0) is 12.3. The normalized spacial score (nSPS) is 12.6. The minimum absolute atomic E-state index is 0.117. The molecule has 0 bridgehead atoms. The standard InChI is InChI=1S/C12H17N5/c1-9-7-10(17(3)16-9)8-11(13-2)12-14-5-4-6-15-12/h4-7,11,13H,8H2,1-3H3. The lowest BCUT2D eigenvalue weighted by Gasteiger charge is -2.14. The fourth-order valence-electron chi connectivity index (χ4n) is 1.88. The lowest BCUT2D eigenvalue weighted by molar-refractivity contribution is 0.534. The quantitative estimate of drug-likeness (QED) is 0.853. The van der Waals surface area contributed by atoms with Gasteiger partial charge in [-0.25, -0.2) is 9.97 Å². The third kappa shape index (κ3) is 2.68. The molecule has 1 N–H and O–H groups in total. The van der Waals surface area contributed by atoms with E-state index in [1.807, 2.05) is 31.8 Å². The van der Waals surface area contributed by atoms with Crippen molar-refractivity contribution in [1.82, 2.24) is 25.1 Å². The summed E-state index contributed by atoms with van der Waals surface area (Å²) in [7, 11) is 3.88. The van der Waals surface area contributed by atoms with Crippen LogP contribution < -0.4 is 5.32 Å². The van der Waals surface area contributed by atoms with Crippen LogP contribution in [-0.4, -0.2) is 26.8 Å². The molecule has 2 rings (SSSR count). The highest BCUT2D eigenvalue weighted by atomic mass is 15.3. The fourth-order valence-corrected chi connectivity index (χ4v) is 1.88. The van der Waals surface area contributed by atoms with E-state index in [1.165, 1.54) is 5.69 Å². The first-order valence-corrected chi connectivity index (χ1v) is 5.64. The predicted octanol–water partition coefficient (Wildman–Crippen LogP) is 1.02. The average molecular weight is 231 g/mol. The molecule has 2 heterocycles. The molecule has 2 aromatic heterocycles. The van der Waals surface area contributed by atoms with Crippen LogP contribution in [0.2, 0.25) is 0 Å². The minimum Gasteiger partial charge on any atom is -0.310 e. The molecule has 5 heteroatoms. The van der Waals surface area contributed by atoms with E-state index < -0.39 is 0 Å². The zero-order valence-corrected chi connectivity index (χ0v) is 10.4. The monoisotopic (exact) mass is 231 g/mol. The highest BCUT2D eigenvalue weighted by Gasteiger charge is 2.14. The number of hydrogen-bond acceptors (Lipinski definition) is 4. The van der Waals surface area contributed by atoms with E-state index in [1.54, 1.807) is 12.4 Å². The van der Waals surface area contributed by atoms with Crippen molar-refractivity contribution in [2.45, 2.75) is 19.4 Å². The van der Waals surface area contributed by atoms with Crippen molar-refractivity contribution in [3.05, 3.63) is 41.7 Å². The molecule has 0 aliphatic carbocycles. The van der Waals surface area contributed by atoms with Gasteiger partial charge in [-0.2, -0.15) is 5.10 Å². The first-order valence-electron chi connectivity index (χ1n) is 5.64. The molecule has 0 radical (unpaired) electrons. The molecule has 0 fully saturated rings. The molecular formula is C12H17N5. The molecule has 0 amide bonds. The van der Waals surface area contributed by atoms with Gasteiger partial charge in [0.25, 0.3) is 0 Å². The summed E-state index contributed by atoms with van der Waals surface area (Å²) in [5.74, 6) is 0.814. The lowest BCUT2D eigenvalue weighted by atomic mass is 10.1. The number of likely N-dealkylation sites (N-methyl/N-ethyl adjacent to an activating group) is 1. The Morgan fingerprint density at radius 3 is 2.59 bits per heavy atom. The van der Waals surface area contributed by atoms with Gasteiger partial charge in [-0.3, -0.25) is 4.68 Å². The van der Waals surface area contributed by atoms with E-state index in [-0.39, 0.29) is 6.04 Å². The van der Waals surface area contributed by atoms with Crippen molar-refractivity contribution in [2.75, 3.05) is 7.05 Å². The number of hydrogen-bond donors (Lipinski definition) is 1. The maximum atomic E-state index is 4.34. The SMILES string of the molecule is CNC(Cc1cc(C)nn1C)c1ncccn1. The van der Waals surface area contributed by atoms with Crippen LogP contribution in [0, 0.1) is 6.92 Å². The van der Waals surface area contributed by atoms with Crippen LogP contribution in [0.3, 0.4) is 0 Å². The van der Waals surface area contributed by atoms with Crippen molar-refractivity contribution < 1.29 is 0 Å². The Labute approximate surface area is 101 Å². The van der Waals surface area contributed by atoms with E-state index in [9.17, 15) is 0 Å². The predicted molar refractivity (Wildman–Crippen MR) is 65.5 cm³/mol. The van der Waals surface area contributed by atoms with Crippen LogP contribution >= 0.6 is 0 Å². The molecule has 17 heavy (non-hydrogen) atoms. The Morgan fingerprint density at radius 2 is 2.06 bits per heavy atom. The molecule has 0 aliphatic rings. The van der Waals surface area contributed by atoms with E-state index >= 15 is 0 Å². The van der Waals surface area contributed by atoms with Gasteiger partial charge in [-0.05, 0) is 26.1 Å². The Hall–Kier alpha value is -1.75. The summed E-state index contributed by atoms with van der Waals surface area (Å²) in [5.41, 5.74) is 2.21. The summed E-state index contributed by atoms with van der Waals surface area (Å²) < 4.78 is 1.91. The van der Waals surface area contributed by atoms with Gasteiger partial charge in [-0.1, -0.05) is 0 Å². The van der Waals surface area contributed by atoms with Crippen LogP contribution in [0.25, 0.3) is 0 Å². The van der Waals surface area contributed by atoms with Crippen LogP contribution in [0.4, 0.5) is 0 Å².